The molecule has 35 heavy (non-hydrogen) atoms. The molecule has 0 N–H and O–H groups in total. The van der Waals surface area contributed by atoms with Crippen LogP contribution in [0.4, 0.5) is 5.13 Å². The van der Waals surface area contributed by atoms with Gasteiger partial charge in [-0.1, -0.05) is 36.8 Å². The number of rotatable bonds is 13. The highest BCUT2D eigenvalue weighted by molar-refractivity contribution is 7.22. The van der Waals surface area contributed by atoms with Crippen LogP contribution in [0.5, 0.6) is 17.2 Å². The van der Waals surface area contributed by atoms with Crippen molar-refractivity contribution in [2.24, 2.45) is 0 Å². The number of hydrogen-bond acceptors (Lipinski definition) is 7. The lowest BCUT2D eigenvalue weighted by Crippen LogP contribution is -2.38. The van der Waals surface area contributed by atoms with Gasteiger partial charge in [-0.15, -0.1) is 0 Å². The van der Waals surface area contributed by atoms with Gasteiger partial charge in [0.1, 0.15) is 0 Å². The first-order valence-electron chi connectivity index (χ1n) is 12.1. The number of ether oxygens (including phenoxy) is 3. The van der Waals surface area contributed by atoms with Crippen molar-refractivity contribution in [1.29, 1.82) is 0 Å². The van der Waals surface area contributed by atoms with E-state index in [4.69, 9.17) is 30.8 Å². The molecule has 0 spiro atoms. The molecule has 0 bridgehead atoms. The summed E-state index contributed by atoms with van der Waals surface area (Å²) in [5.41, 5.74) is 1.27. The van der Waals surface area contributed by atoms with E-state index in [1.807, 2.05) is 39.0 Å². The number of anilines is 1. The Kier molecular flexibility index (Phi) is 10.0. The molecule has 0 aliphatic carbocycles. The van der Waals surface area contributed by atoms with E-state index in [9.17, 15) is 4.79 Å². The summed E-state index contributed by atoms with van der Waals surface area (Å²) in [6, 6.07) is 9.02. The molecule has 1 amide bonds. The molecule has 1 aromatic heterocycles. The molecule has 1 heterocycles. The van der Waals surface area contributed by atoms with Gasteiger partial charge in [-0.05, 0) is 64.2 Å². The van der Waals surface area contributed by atoms with Crippen molar-refractivity contribution in [3.63, 3.8) is 0 Å². The normalized spacial score (nSPS) is 11.2. The van der Waals surface area contributed by atoms with Gasteiger partial charge in [0.15, 0.2) is 16.6 Å². The third kappa shape index (κ3) is 6.57. The quantitative estimate of drug-likeness (QED) is 0.270. The van der Waals surface area contributed by atoms with E-state index >= 15 is 0 Å². The molecule has 0 saturated carbocycles. The molecule has 0 unspecified atom stereocenters. The molecule has 190 valence electrons. The Hall–Kier alpha value is -2.55. The maximum atomic E-state index is 14.0. The average Bonchev–Trinajstić information content (AvgIpc) is 3.26. The zero-order chi connectivity index (χ0) is 25.4. The van der Waals surface area contributed by atoms with E-state index in [1.54, 1.807) is 17.0 Å². The van der Waals surface area contributed by atoms with Crippen LogP contribution in [-0.4, -0.2) is 61.8 Å². The molecule has 0 atom stereocenters. The van der Waals surface area contributed by atoms with Crippen LogP contribution in [0.2, 0.25) is 5.02 Å². The first-order valence-corrected chi connectivity index (χ1v) is 13.3. The predicted octanol–water partition coefficient (Wildman–Crippen LogP) is 6.13. The Bertz CT molecular complexity index is 1110. The molecular formula is C26H34ClN3O4S. The highest BCUT2D eigenvalue weighted by Gasteiger charge is 2.25. The molecule has 7 nitrogen and oxygen atoms in total. The molecule has 9 heteroatoms. The van der Waals surface area contributed by atoms with Crippen LogP contribution in [-0.2, 0) is 0 Å². The van der Waals surface area contributed by atoms with E-state index < -0.39 is 0 Å². The first-order chi connectivity index (χ1) is 16.9. The van der Waals surface area contributed by atoms with Gasteiger partial charge in [0.25, 0.3) is 5.91 Å². The van der Waals surface area contributed by atoms with Crippen molar-refractivity contribution in [1.82, 2.24) is 9.88 Å². The summed E-state index contributed by atoms with van der Waals surface area (Å²) in [5, 5.41) is 1.27. The molecule has 0 saturated heterocycles. The van der Waals surface area contributed by atoms with E-state index in [0.29, 0.717) is 59.3 Å². The fourth-order valence-electron chi connectivity index (χ4n) is 3.74. The van der Waals surface area contributed by atoms with E-state index in [0.717, 1.165) is 29.9 Å². The first kappa shape index (κ1) is 27.0. The third-order valence-corrected chi connectivity index (χ3v) is 6.78. The molecule has 3 rings (SSSR count). The highest BCUT2D eigenvalue weighted by atomic mass is 35.5. The van der Waals surface area contributed by atoms with Crippen molar-refractivity contribution < 1.29 is 19.0 Å². The highest BCUT2D eigenvalue weighted by Crippen LogP contribution is 2.40. The number of nitrogens with zero attached hydrogens (tertiary/aromatic N) is 3. The Balaban J connectivity index is 2.06. The number of halogens is 1. The number of thiazole rings is 1. The standard InChI is InChI=1S/C26H34ClN3O4S/c1-6-29(7-2)13-14-30(26-28-20-12-11-19(27)17-23(20)35-26)25(31)18-15-21(32-8-3)24(34-10-5)22(16-18)33-9-4/h11-12,15-17H,6-10,13-14H2,1-5H3. The van der Waals surface area contributed by atoms with Gasteiger partial charge >= 0.3 is 0 Å². The maximum absolute atomic E-state index is 14.0. The Morgan fingerprint density at radius 1 is 0.914 bits per heavy atom. The molecule has 3 aromatic rings. The van der Waals surface area contributed by atoms with Crippen LogP contribution in [0.15, 0.2) is 30.3 Å². The summed E-state index contributed by atoms with van der Waals surface area (Å²) in [6.07, 6.45) is 0. The zero-order valence-corrected chi connectivity index (χ0v) is 22.7. The fraction of sp³-hybridized carbons (Fsp3) is 0.462. The van der Waals surface area contributed by atoms with Crippen LogP contribution in [0.25, 0.3) is 10.2 Å². The van der Waals surface area contributed by atoms with Crippen molar-refractivity contribution >= 4 is 44.2 Å². The summed E-state index contributed by atoms with van der Waals surface area (Å²) in [5.74, 6) is 1.32. The summed E-state index contributed by atoms with van der Waals surface area (Å²) in [6.45, 7) is 14.3. The number of carbonyl (C=O) groups excluding carboxylic acids is 1. The molecule has 0 aliphatic rings. The van der Waals surface area contributed by atoms with Crippen LogP contribution in [0.1, 0.15) is 45.0 Å². The number of fused-ring (bicyclic) bond motifs is 1. The second-order valence-electron chi connectivity index (χ2n) is 7.69. The lowest BCUT2D eigenvalue weighted by Gasteiger charge is -2.25. The van der Waals surface area contributed by atoms with Gasteiger partial charge < -0.3 is 19.1 Å². The number of hydrogen-bond donors (Lipinski definition) is 0. The minimum absolute atomic E-state index is 0.174. The zero-order valence-electron chi connectivity index (χ0n) is 21.1. The molecule has 0 fully saturated rings. The second kappa shape index (κ2) is 13.0. The molecular weight excluding hydrogens is 486 g/mol. The maximum Gasteiger partial charge on any atom is 0.260 e. The Morgan fingerprint density at radius 3 is 2.11 bits per heavy atom. The van der Waals surface area contributed by atoms with Crippen LogP contribution in [0.3, 0.4) is 0 Å². The second-order valence-corrected chi connectivity index (χ2v) is 9.14. The monoisotopic (exact) mass is 519 g/mol. The van der Waals surface area contributed by atoms with Gasteiger partial charge in [0.05, 0.1) is 30.0 Å². The number of benzene rings is 2. The third-order valence-electron chi connectivity index (χ3n) is 5.51. The molecule has 0 radical (unpaired) electrons. The summed E-state index contributed by atoms with van der Waals surface area (Å²) in [7, 11) is 0. The Morgan fingerprint density at radius 2 is 1.54 bits per heavy atom. The van der Waals surface area contributed by atoms with Crippen LogP contribution in [0, 0.1) is 0 Å². The van der Waals surface area contributed by atoms with E-state index in [1.165, 1.54) is 11.3 Å². The summed E-state index contributed by atoms with van der Waals surface area (Å²) in [4.78, 5) is 22.7. The number of aromatic nitrogens is 1. The van der Waals surface area contributed by atoms with Gasteiger partial charge in [0.2, 0.25) is 5.75 Å². The van der Waals surface area contributed by atoms with Crippen molar-refractivity contribution in [3.05, 3.63) is 40.9 Å². The van der Waals surface area contributed by atoms with Gasteiger partial charge in [-0.3, -0.25) is 9.69 Å². The SMILES string of the molecule is CCOc1cc(C(=O)N(CCN(CC)CC)c2nc3ccc(Cl)cc3s2)cc(OCC)c1OCC. The van der Waals surface area contributed by atoms with Gasteiger partial charge in [-0.25, -0.2) is 4.98 Å². The lowest BCUT2D eigenvalue weighted by atomic mass is 10.1. The lowest BCUT2D eigenvalue weighted by molar-refractivity contribution is 0.0982. The Labute approximate surface area is 216 Å². The topological polar surface area (TPSA) is 64.1 Å². The van der Waals surface area contributed by atoms with Gasteiger partial charge in [-0.2, -0.15) is 0 Å². The predicted molar refractivity (Wildman–Crippen MR) is 144 cm³/mol. The molecule has 0 aliphatic heterocycles. The number of amides is 1. The minimum Gasteiger partial charge on any atom is -0.490 e. The smallest absolute Gasteiger partial charge is 0.260 e. The summed E-state index contributed by atoms with van der Waals surface area (Å²) >= 11 is 7.65. The van der Waals surface area contributed by atoms with Crippen molar-refractivity contribution in [2.45, 2.75) is 34.6 Å². The van der Waals surface area contributed by atoms with Crippen molar-refractivity contribution in [2.75, 3.05) is 50.9 Å². The van der Waals surface area contributed by atoms with Crippen LogP contribution < -0.4 is 19.1 Å². The van der Waals surface area contributed by atoms with Gasteiger partial charge in [0, 0.05) is 23.7 Å². The van der Waals surface area contributed by atoms with E-state index in [2.05, 4.69) is 18.7 Å². The average molecular weight is 520 g/mol. The largest absolute Gasteiger partial charge is 0.490 e. The fourth-order valence-corrected chi connectivity index (χ4v) is 5.00. The molecule has 2 aromatic carbocycles. The summed E-state index contributed by atoms with van der Waals surface area (Å²) < 4.78 is 18.4. The number of carbonyl (C=O) groups is 1. The van der Waals surface area contributed by atoms with E-state index in [-0.39, 0.29) is 5.91 Å². The van der Waals surface area contributed by atoms with Crippen molar-refractivity contribution in [3.8, 4) is 17.2 Å². The van der Waals surface area contributed by atoms with Crippen LogP contribution >= 0.6 is 22.9 Å². The minimum atomic E-state index is -0.174. The number of likely N-dealkylation sites (N-methyl/N-ethyl adjacent to an activating group) is 1.